The molecule has 0 spiro atoms. The Morgan fingerprint density at radius 2 is 1.96 bits per heavy atom. The van der Waals surface area contributed by atoms with Crippen molar-refractivity contribution in [3.05, 3.63) is 35.2 Å². The molecule has 9 heteroatoms. The second kappa shape index (κ2) is 6.75. The Morgan fingerprint density at radius 3 is 2.48 bits per heavy atom. The van der Waals surface area contributed by atoms with Gasteiger partial charge in [-0.15, -0.1) is 0 Å². The summed E-state index contributed by atoms with van der Waals surface area (Å²) >= 11 is 0. The molecule has 0 amide bonds. The molecular formula is C16H21N3O5S. The standard InChI is InChI=1S/C16H21N3O5S/c1-9(2)19-11(4)15(10(3)17-19)18-25(22,23)12-6-7-14(20)13(8-12)16(21)24-5/h6-9,18,20H,1-5H3. The van der Waals surface area contributed by atoms with Crippen LogP contribution in [0.3, 0.4) is 0 Å². The number of sulfonamides is 1. The minimum absolute atomic E-state index is 0.0801. The minimum atomic E-state index is -3.97. The average molecular weight is 367 g/mol. The van der Waals surface area contributed by atoms with Crippen LogP contribution in [-0.4, -0.2) is 36.4 Å². The topological polar surface area (TPSA) is 111 Å². The molecular weight excluding hydrogens is 346 g/mol. The zero-order valence-electron chi connectivity index (χ0n) is 14.7. The van der Waals surface area contributed by atoms with Gasteiger partial charge in [0.05, 0.1) is 29.1 Å². The molecule has 1 aromatic heterocycles. The van der Waals surface area contributed by atoms with Crippen molar-refractivity contribution in [3.63, 3.8) is 0 Å². The van der Waals surface area contributed by atoms with Crippen LogP contribution in [0.15, 0.2) is 23.1 Å². The zero-order chi connectivity index (χ0) is 18.9. The Kier molecular flexibility index (Phi) is 5.07. The molecule has 2 aromatic rings. The Hall–Kier alpha value is -2.55. The first kappa shape index (κ1) is 18.8. The van der Waals surface area contributed by atoms with Gasteiger partial charge in [0.15, 0.2) is 0 Å². The normalized spacial score (nSPS) is 11.6. The first-order valence-corrected chi connectivity index (χ1v) is 9.06. The first-order chi connectivity index (χ1) is 11.6. The number of carbonyl (C=O) groups excluding carboxylic acids is 1. The lowest BCUT2D eigenvalue weighted by molar-refractivity contribution is 0.0597. The van der Waals surface area contributed by atoms with Gasteiger partial charge in [-0.05, 0) is 45.9 Å². The quantitative estimate of drug-likeness (QED) is 0.785. The number of aromatic nitrogens is 2. The maximum Gasteiger partial charge on any atom is 0.341 e. The zero-order valence-corrected chi connectivity index (χ0v) is 15.5. The number of aromatic hydroxyl groups is 1. The number of ether oxygens (including phenoxy) is 1. The third-order valence-electron chi connectivity index (χ3n) is 3.73. The van der Waals surface area contributed by atoms with Gasteiger partial charge in [0.1, 0.15) is 11.3 Å². The predicted molar refractivity (Wildman–Crippen MR) is 92.3 cm³/mol. The number of phenols is 1. The number of aryl methyl sites for hydroxylation is 1. The van der Waals surface area contributed by atoms with Crippen molar-refractivity contribution in [2.24, 2.45) is 0 Å². The monoisotopic (exact) mass is 367 g/mol. The molecule has 0 radical (unpaired) electrons. The maximum absolute atomic E-state index is 12.7. The minimum Gasteiger partial charge on any atom is -0.507 e. The molecule has 0 unspecified atom stereocenters. The number of nitrogens with one attached hydrogen (secondary N) is 1. The summed E-state index contributed by atoms with van der Waals surface area (Å²) < 4.78 is 34.1. The van der Waals surface area contributed by atoms with Crippen molar-refractivity contribution < 1.29 is 23.1 Å². The van der Waals surface area contributed by atoms with E-state index in [1.54, 1.807) is 18.5 Å². The van der Waals surface area contributed by atoms with Gasteiger partial charge in [0.25, 0.3) is 10.0 Å². The van der Waals surface area contributed by atoms with Crippen LogP contribution in [0.5, 0.6) is 5.75 Å². The lowest BCUT2D eigenvalue weighted by Gasteiger charge is -2.11. The lowest BCUT2D eigenvalue weighted by atomic mass is 10.2. The van der Waals surface area contributed by atoms with E-state index in [0.717, 1.165) is 19.2 Å². The third-order valence-corrected chi connectivity index (χ3v) is 5.08. The fourth-order valence-corrected chi connectivity index (χ4v) is 3.66. The van der Waals surface area contributed by atoms with E-state index in [1.165, 1.54) is 6.07 Å². The smallest absolute Gasteiger partial charge is 0.341 e. The van der Waals surface area contributed by atoms with Gasteiger partial charge in [-0.1, -0.05) is 0 Å². The molecule has 1 heterocycles. The van der Waals surface area contributed by atoms with Crippen molar-refractivity contribution in [2.45, 2.75) is 38.6 Å². The lowest BCUT2D eigenvalue weighted by Crippen LogP contribution is -2.15. The number of methoxy groups -OCH3 is 1. The van der Waals surface area contributed by atoms with E-state index in [4.69, 9.17) is 0 Å². The predicted octanol–water partition coefficient (Wildman–Crippen LogP) is 2.37. The summed E-state index contributed by atoms with van der Waals surface area (Å²) in [5.41, 5.74) is 1.39. The fraction of sp³-hybridized carbons (Fsp3) is 0.375. The Bertz CT molecular complexity index is 916. The highest BCUT2D eigenvalue weighted by atomic mass is 32.2. The molecule has 0 saturated carbocycles. The van der Waals surface area contributed by atoms with Crippen molar-refractivity contribution in [2.75, 3.05) is 11.8 Å². The van der Waals surface area contributed by atoms with Crippen molar-refractivity contribution >= 4 is 21.7 Å². The van der Waals surface area contributed by atoms with Gasteiger partial charge >= 0.3 is 5.97 Å². The van der Waals surface area contributed by atoms with E-state index in [-0.39, 0.29) is 22.3 Å². The molecule has 0 atom stereocenters. The van der Waals surface area contributed by atoms with Crippen LogP contribution in [0.1, 0.15) is 41.6 Å². The summed E-state index contributed by atoms with van der Waals surface area (Å²) in [6.45, 7) is 7.37. The summed E-state index contributed by atoms with van der Waals surface area (Å²) in [7, 11) is -2.83. The summed E-state index contributed by atoms with van der Waals surface area (Å²) in [5, 5.41) is 14.1. The van der Waals surface area contributed by atoms with E-state index in [1.807, 2.05) is 13.8 Å². The van der Waals surface area contributed by atoms with Gasteiger partial charge in [0, 0.05) is 6.04 Å². The Morgan fingerprint density at radius 1 is 1.32 bits per heavy atom. The molecule has 0 aliphatic heterocycles. The average Bonchev–Trinajstić information content (AvgIpc) is 2.82. The highest BCUT2D eigenvalue weighted by Crippen LogP contribution is 2.27. The second-order valence-electron chi connectivity index (χ2n) is 5.86. The number of carbonyl (C=O) groups is 1. The molecule has 2 rings (SSSR count). The third kappa shape index (κ3) is 3.60. The van der Waals surface area contributed by atoms with E-state index in [0.29, 0.717) is 17.1 Å². The molecule has 0 aliphatic carbocycles. The van der Waals surface area contributed by atoms with Crippen LogP contribution < -0.4 is 4.72 Å². The SMILES string of the molecule is COC(=O)c1cc(S(=O)(=O)Nc2c(C)nn(C(C)C)c2C)ccc1O. The van der Waals surface area contributed by atoms with Crippen LogP contribution in [0, 0.1) is 13.8 Å². The Balaban J connectivity index is 2.46. The number of benzene rings is 1. The molecule has 0 aliphatic rings. The highest BCUT2D eigenvalue weighted by molar-refractivity contribution is 7.92. The summed E-state index contributed by atoms with van der Waals surface area (Å²) in [4.78, 5) is 11.5. The number of esters is 1. The molecule has 0 bridgehead atoms. The van der Waals surface area contributed by atoms with Crippen LogP contribution in [0.2, 0.25) is 0 Å². The van der Waals surface area contributed by atoms with Crippen LogP contribution in [0.25, 0.3) is 0 Å². The van der Waals surface area contributed by atoms with Crippen LogP contribution >= 0.6 is 0 Å². The molecule has 2 N–H and O–H groups in total. The van der Waals surface area contributed by atoms with E-state index < -0.39 is 16.0 Å². The van der Waals surface area contributed by atoms with Gasteiger partial charge in [-0.25, -0.2) is 13.2 Å². The number of hydrogen-bond acceptors (Lipinski definition) is 6. The Labute approximate surface area is 146 Å². The van der Waals surface area contributed by atoms with Gasteiger partial charge in [0.2, 0.25) is 0 Å². The molecule has 0 saturated heterocycles. The number of nitrogens with zero attached hydrogens (tertiary/aromatic N) is 2. The summed E-state index contributed by atoms with van der Waals surface area (Å²) in [5.74, 6) is -1.18. The summed E-state index contributed by atoms with van der Waals surface area (Å²) in [6.07, 6.45) is 0. The molecule has 8 nitrogen and oxygen atoms in total. The molecule has 25 heavy (non-hydrogen) atoms. The molecule has 0 fully saturated rings. The van der Waals surface area contributed by atoms with E-state index in [2.05, 4.69) is 14.6 Å². The first-order valence-electron chi connectivity index (χ1n) is 7.58. The molecule has 1 aromatic carbocycles. The van der Waals surface area contributed by atoms with Crippen LogP contribution in [0.4, 0.5) is 5.69 Å². The van der Waals surface area contributed by atoms with Gasteiger partial charge in [-0.3, -0.25) is 9.40 Å². The maximum atomic E-state index is 12.7. The van der Waals surface area contributed by atoms with Crippen molar-refractivity contribution in [1.29, 1.82) is 0 Å². The number of phenolic OH excluding ortho intramolecular Hbond substituents is 1. The fourth-order valence-electron chi connectivity index (χ4n) is 2.46. The van der Waals surface area contributed by atoms with Gasteiger partial charge in [-0.2, -0.15) is 5.10 Å². The van der Waals surface area contributed by atoms with E-state index in [9.17, 15) is 18.3 Å². The number of rotatable bonds is 5. The van der Waals surface area contributed by atoms with Gasteiger partial charge < -0.3 is 9.84 Å². The largest absolute Gasteiger partial charge is 0.507 e. The second-order valence-corrected chi connectivity index (χ2v) is 7.54. The number of anilines is 1. The van der Waals surface area contributed by atoms with Crippen LogP contribution in [-0.2, 0) is 14.8 Å². The molecule has 136 valence electrons. The number of hydrogen-bond donors (Lipinski definition) is 2. The van der Waals surface area contributed by atoms with Crippen molar-refractivity contribution in [3.8, 4) is 5.75 Å². The van der Waals surface area contributed by atoms with E-state index >= 15 is 0 Å². The summed E-state index contributed by atoms with van der Waals surface area (Å²) in [6, 6.07) is 3.50. The highest BCUT2D eigenvalue weighted by Gasteiger charge is 2.23. The van der Waals surface area contributed by atoms with Crippen molar-refractivity contribution in [1.82, 2.24) is 9.78 Å².